The highest BCUT2D eigenvalue weighted by molar-refractivity contribution is 6.02. The first kappa shape index (κ1) is 35.3. The van der Waals surface area contributed by atoms with Crippen molar-refractivity contribution in [3.05, 3.63) is 108 Å². The Bertz CT molecular complexity index is 1590. The Labute approximate surface area is 259 Å². The second-order valence-electron chi connectivity index (χ2n) is 9.69. The molecule has 1 aromatic heterocycles. The quantitative estimate of drug-likeness (QED) is 0.0967. The van der Waals surface area contributed by atoms with E-state index in [1.165, 1.54) is 42.5 Å². The number of carbonyl (C=O) groups is 3. The van der Waals surface area contributed by atoms with Crippen LogP contribution in [0.25, 0.3) is 11.3 Å². The lowest BCUT2D eigenvalue weighted by Crippen LogP contribution is -2.61. The Balaban J connectivity index is 2.06. The van der Waals surface area contributed by atoms with Crippen molar-refractivity contribution in [2.75, 3.05) is 5.32 Å². The Morgan fingerprint density at radius 2 is 1.57 bits per heavy atom. The molecule has 46 heavy (non-hydrogen) atoms. The van der Waals surface area contributed by atoms with Crippen LogP contribution in [0.2, 0.25) is 0 Å². The Morgan fingerprint density at radius 3 is 2.15 bits per heavy atom. The van der Waals surface area contributed by atoms with Crippen molar-refractivity contribution in [3.8, 4) is 11.3 Å². The summed E-state index contributed by atoms with van der Waals surface area (Å²) in [6.45, 7) is 6.28. The van der Waals surface area contributed by atoms with E-state index in [1.54, 1.807) is 34.4 Å². The summed E-state index contributed by atoms with van der Waals surface area (Å²) in [7, 11) is 0. The summed E-state index contributed by atoms with van der Waals surface area (Å²) >= 11 is 0. The predicted molar refractivity (Wildman–Crippen MR) is 155 cm³/mol. The maximum atomic E-state index is 14.5. The molecule has 1 atom stereocenters. The van der Waals surface area contributed by atoms with Gasteiger partial charge in [0.2, 0.25) is 5.60 Å². The van der Waals surface area contributed by atoms with Crippen molar-refractivity contribution in [2.45, 2.75) is 43.8 Å². The molecule has 9 nitrogen and oxygen atoms in total. The zero-order valence-electron chi connectivity index (χ0n) is 24.0. The number of nitrogens with zero attached hydrogens (tertiary/aromatic N) is 1. The van der Waals surface area contributed by atoms with Gasteiger partial charge in [0.25, 0.3) is 11.8 Å². The number of rotatable bonds is 12. The van der Waals surface area contributed by atoms with Gasteiger partial charge in [0.1, 0.15) is 0 Å². The van der Waals surface area contributed by atoms with E-state index in [4.69, 9.17) is 4.74 Å². The SMILES string of the molecule is C=CCCC(OCc1ccccc1)(C(=O)NNC(=O)c1nc(-c2ccccc2CC=C)c(C(F)(F)F)cc1NC(=O)O)C(F)(F)F. The summed E-state index contributed by atoms with van der Waals surface area (Å²) in [4.78, 5) is 41.6. The standard InChI is InChI=1S/C31H28F6N4O5/c1-3-5-16-29(31(35,36)37,46-18-19-12-7-6-8-13-19)27(43)41-40-26(42)25-23(38-28(44)45)17-22(30(32,33)34)24(39-25)21-15-10-9-14-20(21)11-4-2/h3-4,6-10,12-15,17,38H,1-2,5,11,16,18H2,(H,40,42)(H,41,43)(H,44,45). The third kappa shape index (κ3) is 8.29. The third-order valence-electron chi connectivity index (χ3n) is 6.56. The number of pyridine rings is 1. The predicted octanol–water partition coefficient (Wildman–Crippen LogP) is 6.83. The fourth-order valence-corrected chi connectivity index (χ4v) is 4.37. The topological polar surface area (TPSA) is 130 Å². The highest BCUT2D eigenvalue weighted by Gasteiger charge is 2.61. The van der Waals surface area contributed by atoms with Crippen LogP contribution in [-0.4, -0.2) is 39.8 Å². The largest absolute Gasteiger partial charge is 0.465 e. The van der Waals surface area contributed by atoms with Crippen LogP contribution in [0.3, 0.4) is 0 Å². The number of halogens is 6. The van der Waals surface area contributed by atoms with Crippen molar-refractivity contribution in [2.24, 2.45) is 0 Å². The molecule has 0 saturated carbocycles. The highest BCUT2D eigenvalue weighted by atomic mass is 19.4. The van der Waals surface area contributed by atoms with Crippen LogP contribution in [0.5, 0.6) is 0 Å². The second kappa shape index (κ2) is 14.7. The Hall–Kier alpha value is -5.18. The number of carbonyl (C=O) groups excluding carboxylic acids is 2. The van der Waals surface area contributed by atoms with Gasteiger partial charge in [-0.2, -0.15) is 26.3 Å². The molecule has 1 heterocycles. The van der Waals surface area contributed by atoms with E-state index in [9.17, 15) is 45.8 Å². The molecule has 4 N–H and O–H groups in total. The number of amides is 3. The summed E-state index contributed by atoms with van der Waals surface area (Å²) < 4.78 is 91.1. The first-order valence-electron chi connectivity index (χ1n) is 13.4. The van der Waals surface area contributed by atoms with Crippen LogP contribution >= 0.6 is 0 Å². The van der Waals surface area contributed by atoms with Gasteiger partial charge >= 0.3 is 18.4 Å². The molecule has 0 fully saturated rings. The molecule has 0 saturated heterocycles. The van der Waals surface area contributed by atoms with Crippen LogP contribution in [-0.2, 0) is 28.7 Å². The van der Waals surface area contributed by atoms with E-state index < -0.39 is 71.5 Å². The molecule has 0 aliphatic heterocycles. The van der Waals surface area contributed by atoms with Gasteiger partial charge in [-0.15, -0.1) is 13.2 Å². The van der Waals surface area contributed by atoms with Crippen molar-refractivity contribution in [1.29, 1.82) is 0 Å². The lowest BCUT2D eigenvalue weighted by atomic mass is 9.95. The number of anilines is 1. The molecule has 0 bridgehead atoms. The number of ether oxygens (including phenoxy) is 1. The molecule has 3 aromatic rings. The zero-order valence-corrected chi connectivity index (χ0v) is 24.0. The summed E-state index contributed by atoms with van der Waals surface area (Å²) in [6.07, 6.45) is -10.9. The number of alkyl halides is 6. The van der Waals surface area contributed by atoms with Gasteiger partial charge < -0.3 is 9.84 Å². The number of nitrogens with one attached hydrogen (secondary N) is 3. The summed E-state index contributed by atoms with van der Waals surface area (Å²) in [5.41, 5.74) is -3.76. The maximum absolute atomic E-state index is 14.5. The summed E-state index contributed by atoms with van der Waals surface area (Å²) in [5, 5.41) is 10.9. The highest BCUT2D eigenvalue weighted by Crippen LogP contribution is 2.40. The fraction of sp³-hybridized carbons (Fsp3) is 0.226. The van der Waals surface area contributed by atoms with Gasteiger partial charge in [-0.25, -0.2) is 9.78 Å². The minimum Gasteiger partial charge on any atom is -0.465 e. The van der Waals surface area contributed by atoms with Crippen LogP contribution in [0.15, 0.2) is 86.0 Å². The van der Waals surface area contributed by atoms with Crippen molar-refractivity contribution in [3.63, 3.8) is 0 Å². The number of carboxylic acid groups (broad SMARTS) is 1. The van der Waals surface area contributed by atoms with Crippen LogP contribution < -0.4 is 16.2 Å². The number of benzene rings is 2. The summed E-state index contributed by atoms with van der Waals surface area (Å²) in [5.74, 6) is -3.39. The van der Waals surface area contributed by atoms with E-state index in [-0.39, 0.29) is 18.4 Å². The first-order chi connectivity index (χ1) is 21.6. The average Bonchev–Trinajstić information content (AvgIpc) is 2.99. The average molecular weight is 651 g/mol. The molecule has 15 heteroatoms. The molecule has 3 amide bonds. The molecule has 0 aliphatic carbocycles. The molecule has 1 unspecified atom stereocenters. The van der Waals surface area contributed by atoms with Crippen LogP contribution in [0.1, 0.15) is 40.0 Å². The Kier molecular flexibility index (Phi) is 11.3. The van der Waals surface area contributed by atoms with E-state index in [0.29, 0.717) is 17.2 Å². The third-order valence-corrected chi connectivity index (χ3v) is 6.56. The number of aromatic nitrogens is 1. The first-order valence-corrected chi connectivity index (χ1v) is 13.4. The number of hydrogen-bond donors (Lipinski definition) is 4. The number of hydrazine groups is 1. The molecule has 2 aromatic carbocycles. The monoisotopic (exact) mass is 650 g/mol. The normalized spacial score (nSPS) is 12.8. The number of allylic oxidation sites excluding steroid dienone is 2. The van der Waals surface area contributed by atoms with Gasteiger partial charge in [-0.3, -0.25) is 25.8 Å². The molecular weight excluding hydrogens is 622 g/mol. The lowest BCUT2D eigenvalue weighted by Gasteiger charge is -2.34. The van der Waals surface area contributed by atoms with E-state index in [1.807, 2.05) is 0 Å². The van der Waals surface area contributed by atoms with E-state index in [2.05, 4.69) is 18.1 Å². The van der Waals surface area contributed by atoms with Gasteiger partial charge in [0, 0.05) is 5.56 Å². The second-order valence-corrected chi connectivity index (χ2v) is 9.69. The minimum absolute atomic E-state index is 0.0792. The van der Waals surface area contributed by atoms with Gasteiger partial charge in [-0.1, -0.05) is 66.7 Å². The molecule has 3 rings (SSSR count). The maximum Gasteiger partial charge on any atom is 0.426 e. The van der Waals surface area contributed by atoms with E-state index in [0.717, 1.165) is 6.08 Å². The summed E-state index contributed by atoms with van der Waals surface area (Å²) in [6, 6.07) is 13.7. The van der Waals surface area contributed by atoms with Gasteiger partial charge in [-0.05, 0) is 36.5 Å². The molecule has 0 spiro atoms. The fourth-order valence-electron chi connectivity index (χ4n) is 4.37. The molecule has 244 valence electrons. The van der Waals surface area contributed by atoms with Crippen LogP contribution in [0, 0.1) is 0 Å². The minimum atomic E-state index is -5.32. The van der Waals surface area contributed by atoms with Gasteiger partial charge in [0.05, 0.1) is 23.6 Å². The van der Waals surface area contributed by atoms with Crippen molar-refractivity contribution >= 4 is 23.6 Å². The van der Waals surface area contributed by atoms with Crippen LogP contribution in [0.4, 0.5) is 36.8 Å². The molecule has 0 aliphatic rings. The lowest BCUT2D eigenvalue weighted by molar-refractivity contribution is -0.273. The van der Waals surface area contributed by atoms with Crippen molar-refractivity contribution in [1.82, 2.24) is 15.8 Å². The van der Waals surface area contributed by atoms with Gasteiger partial charge in [0.15, 0.2) is 5.69 Å². The Morgan fingerprint density at radius 1 is 0.913 bits per heavy atom. The molecule has 0 radical (unpaired) electrons. The van der Waals surface area contributed by atoms with Crippen molar-refractivity contribution < 1.29 is 50.6 Å². The smallest absolute Gasteiger partial charge is 0.426 e. The molecular formula is C31H28F6N4O5. The zero-order chi connectivity index (χ0) is 34.1. The van der Waals surface area contributed by atoms with E-state index >= 15 is 0 Å². The number of hydrogen-bond acceptors (Lipinski definition) is 5.